The molecule has 2 atom stereocenters. The number of aliphatic carboxylic acids is 1. The third kappa shape index (κ3) is 46.9. The number of carbonyl (C=O) groups excluding carboxylic acids is 3. The first-order valence-electron chi connectivity index (χ1n) is 28.4. The Balaban J connectivity index is 4.18. The van der Waals surface area contributed by atoms with Crippen molar-refractivity contribution in [1.82, 2.24) is 0 Å². The fraction of sp³-hybridized carbons (Fsp3) is 0.879. The summed E-state index contributed by atoms with van der Waals surface area (Å²) in [4.78, 5) is 37.1. The Labute approximate surface area is 409 Å². The van der Waals surface area contributed by atoms with Gasteiger partial charge in [0.1, 0.15) is 12.6 Å². The van der Waals surface area contributed by atoms with Crippen LogP contribution in [0.3, 0.4) is 0 Å². The van der Waals surface area contributed by atoms with E-state index in [4.69, 9.17) is 14.2 Å². The molecule has 0 aromatic heterocycles. The van der Waals surface area contributed by atoms with Crippen molar-refractivity contribution in [3.63, 3.8) is 0 Å². The summed E-state index contributed by atoms with van der Waals surface area (Å²) in [5.74, 6) is -1.73. The Morgan fingerprint density at radius 3 is 1.09 bits per heavy atom. The molecule has 0 aliphatic heterocycles. The lowest BCUT2D eigenvalue weighted by Crippen LogP contribution is -2.55. The Hall–Kier alpha value is -2.19. The predicted octanol–water partition coefficient (Wildman–Crippen LogP) is 15.4. The summed E-state index contributed by atoms with van der Waals surface area (Å²) in [5.41, 5.74) is 0. The molecule has 0 saturated heterocycles. The van der Waals surface area contributed by atoms with Gasteiger partial charge in [-0.05, 0) is 64.2 Å². The molecule has 0 bridgehead atoms. The highest BCUT2D eigenvalue weighted by Gasteiger charge is 2.25. The van der Waals surface area contributed by atoms with Gasteiger partial charge in [0.15, 0.2) is 6.10 Å². The molecule has 0 rings (SSSR count). The minimum Gasteiger partial charge on any atom is -0.544 e. The Bertz CT molecular complexity index is 1130. The van der Waals surface area contributed by atoms with Crippen LogP contribution in [0, 0.1) is 0 Å². The number of nitrogens with zero attached hydrogens (tertiary/aromatic N) is 1. The van der Waals surface area contributed by atoms with Crippen LogP contribution in [-0.4, -0.2) is 75.5 Å². The number of rotatable bonds is 52. The van der Waals surface area contributed by atoms with E-state index in [0.717, 1.165) is 38.5 Å². The number of hydrogen-bond acceptors (Lipinski definition) is 7. The van der Waals surface area contributed by atoms with E-state index in [1.165, 1.54) is 205 Å². The smallest absolute Gasteiger partial charge is 0.306 e. The van der Waals surface area contributed by atoms with Gasteiger partial charge in [-0.2, -0.15) is 0 Å². The molecule has 0 heterocycles. The van der Waals surface area contributed by atoms with Crippen LogP contribution in [0.25, 0.3) is 0 Å². The van der Waals surface area contributed by atoms with E-state index in [1.54, 1.807) is 0 Å². The van der Waals surface area contributed by atoms with E-state index in [9.17, 15) is 19.5 Å². The van der Waals surface area contributed by atoms with Crippen LogP contribution in [0.2, 0.25) is 0 Å². The second-order valence-corrected chi connectivity index (χ2v) is 20.5. The number of ether oxygens (including phenoxy) is 3. The Morgan fingerprint density at radius 1 is 0.439 bits per heavy atom. The number of likely N-dealkylation sites (N-methyl/N-ethyl adjacent to an activating group) is 1. The molecule has 0 radical (unpaired) electrons. The maximum Gasteiger partial charge on any atom is 0.306 e. The molecule has 0 aliphatic rings. The minimum absolute atomic E-state index is 0.0412. The van der Waals surface area contributed by atoms with E-state index in [-0.39, 0.29) is 42.7 Å². The minimum atomic E-state index is -1.12. The summed E-state index contributed by atoms with van der Waals surface area (Å²) in [6.07, 6.45) is 57.9. The average molecular weight is 933 g/mol. The van der Waals surface area contributed by atoms with E-state index in [1.807, 2.05) is 21.1 Å². The first-order chi connectivity index (χ1) is 32.1. The molecule has 0 aromatic carbocycles. The zero-order valence-corrected chi connectivity index (χ0v) is 44.4. The van der Waals surface area contributed by atoms with Gasteiger partial charge in [0.2, 0.25) is 0 Å². The van der Waals surface area contributed by atoms with Crippen LogP contribution in [0.15, 0.2) is 24.3 Å². The van der Waals surface area contributed by atoms with Gasteiger partial charge >= 0.3 is 11.9 Å². The number of carboxylic acid groups (broad SMARTS) is 1. The average Bonchev–Trinajstić information content (AvgIpc) is 3.28. The van der Waals surface area contributed by atoms with Crippen molar-refractivity contribution in [2.24, 2.45) is 0 Å². The topological polar surface area (TPSA) is 102 Å². The van der Waals surface area contributed by atoms with Gasteiger partial charge in [0.25, 0.3) is 0 Å². The first-order valence-corrected chi connectivity index (χ1v) is 28.4. The number of allylic oxidation sites excluding steroid dienone is 4. The molecular formula is C58H109NO7. The zero-order valence-electron chi connectivity index (χ0n) is 44.4. The summed E-state index contributed by atoms with van der Waals surface area (Å²) < 4.78 is 17.3. The molecular weight excluding hydrogens is 823 g/mol. The maximum atomic E-state index is 12.8. The fourth-order valence-electron chi connectivity index (χ4n) is 8.65. The van der Waals surface area contributed by atoms with Crippen molar-refractivity contribution in [1.29, 1.82) is 0 Å². The number of esters is 2. The van der Waals surface area contributed by atoms with Crippen LogP contribution in [0.1, 0.15) is 277 Å². The van der Waals surface area contributed by atoms with E-state index < -0.39 is 18.1 Å². The summed E-state index contributed by atoms with van der Waals surface area (Å²) in [7, 11) is 5.43. The number of hydrogen-bond donors (Lipinski definition) is 0. The van der Waals surface area contributed by atoms with Crippen LogP contribution in [0.4, 0.5) is 0 Å². The van der Waals surface area contributed by atoms with Crippen LogP contribution in [0.5, 0.6) is 0 Å². The van der Waals surface area contributed by atoms with Crippen molar-refractivity contribution >= 4 is 17.9 Å². The molecule has 0 aliphatic carbocycles. The lowest BCUT2D eigenvalue weighted by molar-refractivity contribution is -0.889. The fourth-order valence-corrected chi connectivity index (χ4v) is 8.65. The number of unbranched alkanes of at least 4 members (excludes halogenated alkanes) is 34. The normalized spacial score (nSPS) is 12.9. The van der Waals surface area contributed by atoms with Crippen LogP contribution in [-0.2, 0) is 28.6 Å². The van der Waals surface area contributed by atoms with Gasteiger partial charge in [-0.15, -0.1) is 0 Å². The molecule has 66 heavy (non-hydrogen) atoms. The third-order valence-corrected chi connectivity index (χ3v) is 13.1. The summed E-state index contributed by atoms with van der Waals surface area (Å²) in [5, 5.41) is 11.7. The van der Waals surface area contributed by atoms with Gasteiger partial charge < -0.3 is 28.6 Å². The largest absolute Gasteiger partial charge is 0.544 e. The molecule has 0 amide bonds. The molecule has 8 nitrogen and oxygen atoms in total. The molecule has 8 heteroatoms. The Morgan fingerprint density at radius 2 is 0.758 bits per heavy atom. The lowest BCUT2D eigenvalue weighted by atomic mass is 10.1. The van der Waals surface area contributed by atoms with Crippen molar-refractivity contribution in [3.8, 4) is 0 Å². The highest BCUT2D eigenvalue weighted by atomic mass is 16.6. The SMILES string of the molecule is CCCCCCCCCCCC/C=C/CCCCCCCCCC(=O)OCC(COCCC(C(=O)[O-])[N+](C)(C)C)OC(=O)CCCCCCCCC/C=C/CCCCCCCCCCCC. The van der Waals surface area contributed by atoms with E-state index in [2.05, 4.69) is 38.2 Å². The maximum absolute atomic E-state index is 12.8. The predicted molar refractivity (Wildman–Crippen MR) is 277 cm³/mol. The van der Waals surface area contributed by atoms with Crippen molar-refractivity contribution in [3.05, 3.63) is 24.3 Å². The molecule has 0 saturated carbocycles. The molecule has 0 spiro atoms. The van der Waals surface area contributed by atoms with Crippen molar-refractivity contribution < 1.29 is 38.2 Å². The quantitative estimate of drug-likeness (QED) is 0.0259. The third-order valence-electron chi connectivity index (χ3n) is 13.1. The van der Waals surface area contributed by atoms with Crippen LogP contribution < -0.4 is 5.11 Å². The van der Waals surface area contributed by atoms with Gasteiger partial charge in [0, 0.05) is 19.3 Å². The zero-order chi connectivity index (χ0) is 48.4. The summed E-state index contributed by atoms with van der Waals surface area (Å²) in [6, 6.07) is -0.726. The van der Waals surface area contributed by atoms with E-state index >= 15 is 0 Å². The number of carbonyl (C=O) groups is 3. The van der Waals surface area contributed by atoms with Crippen molar-refractivity contribution in [2.45, 2.75) is 289 Å². The molecule has 0 fully saturated rings. The lowest BCUT2D eigenvalue weighted by Gasteiger charge is -2.34. The van der Waals surface area contributed by atoms with E-state index in [0.29, 0.717) is 12.8 Å². The highest BCUT2D eigenvalue weighted by molar-refractivity contribution is 5.70. The van der Waals surface area contributed by atoms with Crippen molar-refractivity contribution in [2.75, 3.05) is 41.0 Å². The second kappa shape index (κ2) is 49.2. The molecule has 388 valence electrons. The van der Waals surface area contributed by atoms with Crippen LogP contribution >= 0.6 is 0 Å². The first kappa shape index (κ1) is 63.8. The molecule has 2 unspecified atom stereocenters. The Kier molecular flexibility index (Phi) is 47.6. The second-order valence-electron chi connectivity index (χ2n) is 20.5. The van der Waals surface area contributed by atoms with Gasteiger partial charge in [-0.1, -0.05) is 218 Å². The number of quaternary nitrogens is 1. The van der Waals surface area contributed by atoms with Gasteiger partial charge in [0.05, 0.1) is 40.3 Å². The highest BCUT2D eigenvalue weighted by Crippen LogP contribution is 2.16. The summed E-state index contributed by atoms with van der Waals surface area (Å²) in [6.45, 7) is 4.71. The van der Waals surface area contributed by atoms with Gasteiger partial charge in [-0.25, -0.2) is 0 Å². The summed E-state index contributed by atoms with van der Waals surface area (Å²) >= 11 is 0. The number of carboxylic acids is 1. The standard InChI is InChI=1S/C58H109NO7/c1-6-8-10-12-14-16-18-20-22-24-26-28-30-32-34-36-38-40-42-44-46-48-56(60)65-53-54(52-64-51-50-55(58(62)63)59(3,4)5)66-57(61)49-47-45-43-41-39-37-35-33-31-29-27-25-23-21-19-17-15-13-11-9-7-2/h28-31,54-55H,6-27,32-53H2,1-5H3/b30-28+,31-29+. The van der Waals surface area contributed by atoms with Gasteiger partial charge in [-0.3, -0.25) is 9.59 Å². The monoisotopic (exact) mass is 932 g/mol. The molecule has 0 aromatic rings. The molecule has 0 N–H and O–H groups in total.